The highest BCUT2D eigenvalue weighted by Crippen LogP contribution is 2.26. The molecule has 11 heteroatoms. The molecular weight excluding hydrogens is 612 g/mol. The van der Waals surface area contributed by atoms with Gasteiger partial charge in [-0.3, -0.25) is 4.90 Å². The van der Waals surface area contributed by atoms with Gasteiger partial charge in [-0.05, 0) is 115 Å². The second-order valence-corrected chi connectivity index (χ2v) is 12.9. The highest BCUT2D eigenvalue weighted by Gasteiger charge is 2.18. The maximum atomic E-state index is 8.53. The van der Waals surface area contributed by atoms with Crippen molar-refractivity contribution in [3.05, 3.63) is 35.4 Å². The number of rotatable bonds is 23. The van der Waals surface area contributed by atoms with Crippen molar-refractivity contribution in [1.82, 2.24) is 20.9 Å². The number of unbranched alkanes of at least 4 members (excludes halogenated alkanes) is 7. The van der Waals surface area contributed by atoms with Gasteiger partial charge in [0.05, 0.1) is 0 Å². The molecule has 1 aromatic rings. The van der Waals surface area contributed by atoms with Crippen LogP contribution in [0.3, 0.4) is 0 Å². The van der Waals surface area contributed by atoms with Crippen molar-refractivity contribution in [3.63, 3.8) is 0 Å². The average molecular weight is 699 g/mol. The molecule has 0 spiro atoms. The third-order valence-corrected chi connectivity index (χ3v) is 8.56. The van der Waals surface area contributed by atoms with Crippen molar-refractivity contribution < 1.29 is 5.11 Å². The molecule has 49 heavy (non-hydrogen) atoms. The second kappa shape index (κ2) is 44.8. The lowest BCUT2D eigenvalue weighted by Crippen LogP contribution is -2.39. The van der Waals surface area contributed by atoms with Gasteiger partial charge in [0, 0.05) is 59.0 Å². The molecule has 0 unspecified atom stereocenters. The first-order valence-electron chi connectivity index (χ1n) is 19.5. The quantitative estimate of drug-likeness (QED) is 0.0750. The summed E-state index contributed by atoms with van der Waals surface area (Å²) in [7, 11) is 5.98. The van der Waals surface area contributed by atoms with Crippen LogP contribution in [0.2, 0.25) is 0 Å². The molecule has 1 aromatic carbocycles. The Morgan fingerprint density at radius 1 is 0.571 bits per heavy atom. The zero-order valence-corrected chi connectivity index (χ0v) is 32.7. The standard InChI is InChI=1S/C10H23NO.C9H24N4.C8H18N2.C8H12N2.C3H9N/c11-9-7-5-3-1-2-4-6-8-10-12;1-10-4-7-13(8-5-11-2)9-6-12-3;2*9-5-7-1-2-8(6-10)4-3-7;1-2-3-4/h12H,1-11H2;10-12H,4-9H2,1-3H3;7-8H,1-6,9-10H2;1-4H,5-6,9-10H2;2-4H2,1H3. The van der Waals surface area contributed by atoms with Gasteiger partial charge in [-0.15, -0.1) is 0 Å². The van der Waals surface area contributed by atoms with E-state index >= 15 is 0 Å². The van der Waals surface area contributed by atoms with E-state index in [1.54, 1.807) is 0 Å². The number of benzene rings is 1. The van der Waals surface area contributed by atoms with Crippen molar-refractivity contribution in [2.75, 3.05) is 93.2 Å². The lowest BCUT2D eigenvalue weighted by atomic mass is 9.82. The molecule has 0 aromatic heterocycles. The number of aliphatic hydroxyl groups excluding tert-OH is 1. The molecule has 1 saturated carbocycles. The summed E-state index contributed by atoms with van der Waals surface area (Å²) in [6, 6.07) is 8.01. The van der Waals surface area contributed by atoms with E-state index in [1.807, 2.05) is 45.4 Å². The van der Waals surface area contributed by atoms with Gasteiger partial charge in [-0.25, -0.2) is 0 Å². The van der Waals surface area contributed by atoms with Crippen LogP contribution >= 0.6 is 0 Å². The van der Waals surface area contributed by atoms with E-state index in [2.05, 4.69) is 27.8 Å². The Hall–Kier alpha value is -1.22. The smallest absolute Gasteiger partial charge is 0.0431 e. The van der Waals surface area contributed by atoms with Crippen LogP contribution in [-0.2, 0) is 13.1 Å². The van der Waals surface area contributed by atoms with Crippen LogP contribution in [0.15, 0.2) is 24.3 Å². The van der Waals surface area contributed by atoms with E-state index in [0.717, 1.165) is 101 Å². The Kier molecular flexibility index (Phi) is 47.7. The number of nitrogens with zero attached hydrogens (tertiary/aromatic N) is 1. The molecule has 1 fully saturated rings. The molecule has 1 aliphatic rings. The maximum absolute atomic E-state index is 8.53. The van der Waals surface area contributed by atoms with Gasteiger partial charge in [0.25, 0.3) is 0 Å². The van der Waals surface area contributed by atoms with Crippen molar-refractivity contribution in [1.29, 1.82) is 0 Å². The number of nitrogens with one attached hydrogen (secondary N) is 3. The molecule has 16 N–H and O–H groups in total. The highest BCUT2D eigenvalue weighted by molar-refractivity contribution is 5.21. The molecule has 0 heterocycles. The summed E-state index contributed by atoms with van der Waals surface area (Å²) in [5.74, 6) is 1.59. The Bertz CT molecular complexity index is 640. The number of likely N-dealkylation sites (N-methyl/N-ethyl adjacent to an activating group) is 3. The highest BCUT2D eigenvalue weighted by atomic mass is 16.2. The van der Waals surface area contributed by atoms with Gasteiger partial charge in [0.1, 0.15) is 0 Å². The molecule has 294 valence electrons. The minimum absolute atomic E-state index is 0.354. The van der Waals surface area contributed by atoms with Crippen LogP contribution in [0.4, 0.5) is 0 Å². The van der Waals surface area contributed by atoms with Gasteiger partial charge in [-0.2, -0.15) is 0 Å². The molecule has 0 aliphatic heterocycles. The first-order chi connectivity index (χ1) is 23.9. The summed E-state index contributed by atoms with van der Waals surface area (Å²) in [6.07, 6.45) is 16.2. The van der Waals surface area contributed by atoms with Crippen molar-refractivity contribution in [2.24, 2.45) is 46.2 Å². The molecule has 11 nitrogen and oxygen atoms in total. The second-order valence-electron chi connectivity index (χ2n) is 12.9. The fraction of sp³-hybridized carbons (Fsp3) is 0.842. The van der Waals surface area contributed by atoms with Crippen molar-refractivity contribution in [3.8, 4) is 0 Å². The predicted octanol–water partition coefficient (Wildman–Crippen LogP) is 2.67. The van der Waals surface area contributed by atoms with Crippen molar-refractivity contribution >= 4 is 0 Å². The third-order valence-electron chi connectivity index (χ3n) is 8.56. The van der Waals surface area contributed by atoms with Crippen molar-refractivity contribution in [2.45, 2.75) is 103 Å². The first kappa shape index (κ1) is 52.1. The zero-order valence-electron chi connectivity index (χ0n) is 32.7. The summed E-state index contributed by atoms with van der Waals surface area (Å²) in [4.78, 5) is 2.45. The molecule has 2 rings (SSSR count). The maximum Gasteiger partial charge on any atom is 0.0431 e. The number of aliphatic hydroxyl groups is 1. The fourth-order valence-corrected chi connectivity index (χ4v) is 4.98. The molecule has 0 amide bonds. The molecule has 0 bridgehead atoms. The summed E-state index contributed by atoms with van der Waals surface area (Å²) in [5.41, 5.74) is 34.6. The molecular formula is C38H86N10O. The van der Waals surface area contributed by atoms with Crippen LogP contribution < -0.4 is 50.4 Å². The minimum Gasteiger partial charge on any atom is -0.396 e. The normalized spacial score (nSPS) is 15.1. The van der Waals surface area contributed by atoms with Gasteiger partial charge in [0.15, 0.2) is 0 Å². The zero-order chi connectivity index (χ0) is 37.2. The van der Waals surface area contributed by atoms with Crippen LogP contribution in [0, 0.1) is 11.8 Å². The summed E-state index contributed by atoms with van der Waals surface area (Å²) in [5, 5.41) is 18.0. The van der Waals surface area contributed by atoms with Gasteiger partial charge < -0.3 is 55.5 Å². The summed E-state index contributed by atoms with van der Waals surface area (Å²) < 4.78 is 0. The van der Waals surface area contributed by atoms with Gasteiger partial charge in [-0.1, -0.05) is 69.7 Å². The Labute approximate surface area is 303 Å². The summed E-state index contributed by atoms with van der Waals surface area (Å²) >= 11 is 0. The van der Waals surface area contributed by atoms with E-state index in [1.165, 1.54) is 70.6 Å². The van der Waals surface area contributed by atoms with E-state index < -0.39 is 0 Å². The van der Waals surface area contributed by atoms with Crippen LogP contribution in [-0.4, -0.2) is 103 Å². The van der Waals surface area contributed by atoms with Crippen LogP contribution in [0.1, 0.15) is 102 Å². The SMILES string of the molecule is CCCN.CNCCN(CCNC)CCNC.NCC1CCC(CN)CC1.NCCCCCCCCCCO.NCc1ccc(CN)cc1. The van der Waals surface area contributed by atoms with E-state index in [4.69, 9.17) is 39.5 Å². The number of hydrogen-bond donors (Lipinski definition) is 10. The number of hydrogen-bond acceptors (Lipinski definition) is 11. The monoisotopic (exact) mass is 699 g/mol. The molecule has 1 aliphatic carbocycles. The lowest BCUT2D eigenvalue weighted by molar-refractivity contribution is 0.279. The van der Waals surface area contributed by atoms with E-state index in [0.29, 0.717) is 19.7 Å². The van der Waals surface area contributed by atoms with E-state index in [-0.39, 0.29) is 0 Å². The minimum atomic E-state index is 0.354. The largest absolute Gasteiger partial charge is 0.396 e. The molecule has 0 saturated heterocycles. The van der Waals surface area contributed by atoms with Gasteiger partial charge >= 0.3 is 0 Å². The third kappa shape index (κ3) is 39.4. The lowest BCUT2D eigenvalue weighted by Gasteiger charge is -2.26. The molecule has 0 atom stereocenters. The Morgan fingerprint density at radius 2 is 0.898 bits per heavy atom. The summed E-state index contributed by atoms with van der Waals surface area (Å²) in [6.45, 7) is 13.6. The van der Waals surface area contributed by atoms with E-state index in [9.17, 15) is 0 Å². The van der Waals surface area contributed by atoms with Crippen LogP contribution in [0.5, 0.6) is 0 Å². The number of nitrogens with two attached hydrogens (primary N) is 6. The Morgan fingerprint density at radius 3 is 1.14 bits per heavy atom. The van der Waals surface area contributed by atoms with Crippen LogP contribution in [0.25, 0.3) is 0 Å². The molecule has 0 radical (unpaired) electrons. The topological polar surface area (TPSA) is 216 Å². The van der Waals surface area contributed by atoms with Gasteiger partial charge in [0.2, 0.25) is 0 Å². The Balaban J connectivity index is -0.000000557. The first-order valence-corrected chi connectivity index (χ1v) is 19.5. The average Bonchev–Trinajstić information content (AvgIpc) is 3.16. The predicted molar refractivity (Wildman–Crippen MR) is 216 cm³/mol. The fourth-order valence-electron chi connectivity index (χ4n) is 4.98.